The van der Waals surface area contributed by atoms with Gasteiger partial charge in [0.25, 0.3) is 0 Å². The lowest BCUT2D eigenvalue weighted by Gasteiger charge is -2.08. The van der Waals surface area contributed by atoms with E-state index in [0.717, 1.165) is 41.9 Å². The van der Waals surface area contributed by atoms with Gasteiger partial charge in [-0.05, 0) is 36.6 Å². The molecule has 0 amide bonds. The van der Waals surface area contributed by atoms with Crippen LogP contribution in [0.15, 0.2) is 59.8 Å². The van der Waals surface area contributed by atoms with Crippen molar-refractivity contribution in [2.75, 3.05) is 7.11 Å². The maximum atomic E-state index is 5.29. The van der Waals surface area contributed by atoms with E-state index in [0.29, 0.717) is 0 Å². The van der Waals surface area contributed by atoms with Gasteiger partial charge in [0.2, 0.25) is 0 Å². The Morgan fingerprint density at radius 2 is 1.76 bits per heavy atom. The minimum Gasteiger partial charge on any atom is -0.497 e. The molecule has 0 N–H and O–H groups in total. The molecule has 0 spiro atoms. The smallest absolute Gasteiger partial charge is 0.191 e. The second-order valence-corrected chi connectivity index (χ2v) is 6.71. The molecule has 1 aromatic heterocycles. The zero-order chi connectivity index (χ0) is 17.5. The third-order valence-electron chi connectivity index (χ3n) is 4.09. The Hall–Kier alpha value is -2.27. The quantitative estimate of drug-likeness (QED) is 0.563. The van der Waals surface area contributed by atoms with Crippen LogP contribution in [0.3, 0.4) is 0 Å². The van der Waals surface area contributed by atoms with Crippen molar-refractivity contribution in [1.82, 2.24) is 14.8 Å². The number of hydrogen-bond acceptors (Lipinski definition) is 4. The normalized spacial score (nSPS) is 10.8. The van der Waals surface area contributed by atoms with E-state index in [4.69, 9.17) is 4.74 Å². The van der Waals surface area contributed by atoms with Crippen LogP contribution in [0.4, 0.5) is 0 Å². The molecule has 3 rings (SSSR count). The van der Waals surface area contributed by atoms with Crippen LogP contribution in [0.25, 0.3) is 0 Å². The first-order valence-corrected chi connectivity index (χ1v) is 9.50. The number of methoxy groups -OCH3 is 1. The van der Waals surface area contributed by atoms with Crippen LogP contribution in [0.5, 0.6) is 5.75 Å². The Kier molecular flexibility index (Phi) is 6.12. The molecule has 0 aliphatic heterocycles. The third-order valence-corrected chi connectivity index (χ3v) is 5.13. The zero-order valence-corrected chi connectivity index (χ0v) is 15.5. The Morgan fingerprint density at radius 3 is 2.52 bits per heavy atom. The number of aromatic nitrogens is 3. The lowest BCUT2D eigenvalue weighted by molar-refractivity contribution is 0.414. The van der Waals surface area contributed by atoms with E-state index in [1.165, 1.54) is 11.1 Å². The average Bonchev–Trinajstić information content (AvgIpc) is 3.07. The number of ether oxygens (including phenoxy) is 1. The molecule has 5 heteroatoms. The highest BCUT2D eigenvalue weighted by Crippen LogP contribution is 2.24. The molecule has 3 aromatic rings. The fourth-order valence-electron chi connectivity index (χ4n) is 2.74. The van der Waals surface area contributed by atoms with Gasteiger partial charge >= 0.3 is 0 Å². The predicted molar refractivity (Wildman–Crippen MR) is 102 cm³/mol. The molecule has 0 saturated heterocycles. The Balaban J connectivity index is 1.65. The van der Waals surface area contributed by atoms with Crippen molar-refractivity contribution >= 4 is 11.8 Å². The number of benzene rings is 2. The molecule has 25 heavy (non-hydrogen) atoms. The van der Waals surface area contributed by atoms with Crippen molar-refractivity contribution in [2.45, 2.75) is 37.2 Å². The highest BCUT2D eigenvalue weighted by atomic mass is 32.2. The topological polar surface area (TPSA) is 39.9 Å². The van der Waals surface area contributed by atoms with E-state index >= 15 is 0 Å². The van der Waals surface area contributed by atoms with E-state index in [1.54, 1.807) is 18.9 Å². The number of hydrogen-bond donors (Lipinski definition) is 0. The highest BCUT2D eigenvalue weighted by Gasteiger charge is 2.11. The highest BCUT2D eigenvalue weighted by molar-refractivity contribution is 7.98. The summed E-state index contributed by atoms with van der Waals surface area (Å²) in [6.07, 6.45) is 1.89. The fraction of sp³-hybridized carbons (Fsp3) is 0.300. The summed E-state index contributed by atoms with van der Waals surface area (Å²) >= 11 is 1.72. The monoisotopic (exact) mass is 353 g/mol. The molecular formula is C20H23N3OS. The minimum absolute atomic E-state index is 0.855. The van der Waals surface area contributed by atoms with Crippen molar-refractivity contribution in [3.63, 3.8) is 0 Å². The number of aryl methyl sites for hydroxylation is 2. The molecule has 130 valence electrons. The standard InChI is InChI=1S/C20H23N3OS/c1-3-23-19(13-12-16-8-5-4-6-9-16)21-22-20(23)25-15-17-10-7-11-18(14-17)24-2/h4-11,14H,3,12-13,15H2,1-2H3. The van der Waals surface area contributed by atoms with Gasteiger partial charge in [-0.3, -0.25) is 0 Å². The molecule has 0 aliphatic rings. The van der Waals surface area contributed by atoms with Crippen LogP contribution >= 0.6 is 11.8 Å². The first-order valence-electron chi connectivity index (χ1n) is 8.52. The summed E-state index contributed by atoms with van der Waals surface area (Å²) in [6.45, 7) is 3.03. The molecule has 0 bridgehead atoms. The lowest BCUT2D eigenvalue weighted by atomic mass is 10.1. The lowest BCUT2D eigenvalue weighted by Crippen LogP contribution is -2.05. The molecule has 0 fully saturated rings. The second kappa shape index (κ2) is 8.72. The molecule has 0 atom stereocenters. The first kappa shape index (κ1) is 17.5. The fourth-order valence-corrected chi connectivity index (χ4v) is 3.70. The van der Waals surface area contributed by atoms with E-state index in [9.17, 15) is 0 Å². The van der Waals surface area contributed by atoms with Crippen LogP contribution in [0.2, 0.25) is 0 Å². The van der Waals surface area contributed by atoms with Gasteiger partial charge in [-0.2, -0.15) is 0 Å². The van der Waals surface area contributed by atoms with E-state index in [-0.39, 0.29) is 0 Å². The van der Waals surface area contributed by atoms with Gasteiger partial charge in [-0.1, -0.05) is 54.2 Å². The van der Waals surface area contributed by atoms with E-state index in [1.807, 2.05) is 18.2 Å². The predicted octanol–water partition coefficient (Wildman–Crippen LogP) is 4.38. The average molecular weight is 353 g/mol. The molecule has 0 unspecified atom stereocenters. The molecule has 0 saturated carbocycles. The van der Waals surface area contributed by atoms with Gasteiger partial charge in [0.15, 0.2) is 5.16 Å². The number of thioether (sulfide) groups is 1. The summed E-state index contributed by atoms with van der Waals surface area (Å²) in [6, 6.07) is 18.7. The van der Waals surface area contributed by atoms with Crippen molar-refractivity contribution < 1.29 is 4.74 Å². The summed E-state index contributed by atoms with van der Waals surface area (Å²) in [7, 11) is 1.69. The summed E-state index contributed by atoms with van der Waals surface area (Å²) in [5.74, 6) is 2.80. The first-order chi connectivity index (χ1) is 12.3. The molecule has 0 radical (unpaired) electrons. The summed E-state index contributed by atoms with van der Waals surface area (Å²) in [4.78, 5) is 0. The Bertz CT molecular complexity index is 802. The number of rotatable bonds is 8. The van der Waals surface area contributed by atoms with Gasteiger partial charge < -0.3 is 9.30 Å². The third kappa shape index (κ3) is 4.63. The minimum atomic E-state index is 0.855. The van der Waals surface area contributed by atoms with Gasteiger partial charge in [-0.15, -0.1) is 10.2 Å². The van der Waals surface area contributed by atoms with Crippen molar-refractivity contribution in [1.29, 1.82) is 0 Å². The molecule has 4 nitrogen and oxygen atoms in total. The maximum absolute atomic E-state index is 5.29. The number of nitrogens with zero attached hydrogens (tertiary/aromatic N) is 3. The molecule has 0 aliphatic carbocycles. The van der Waals surface area contributed by atoms with Crippen molar-refractivity contribution in [3.05, 3.63) is 71.5 Å². The molecule has 2 aromatic carbocycles. The van der Waals surface area contributed by atoms with Gasteiger partial charge in [0, 0.05) is 18.7 Å². The summed E-state index contributed by atoms with van der Waals surface area (Å²) < 4.78 is 7.50. The largest absolute Gasteiger partial charge is 0.497 e. The zero-order valence-electron chi connectivity index (χ0n) is 14.7. The van der Waals surface area contributed by atoms with Crippen LogP contribution in [0, 0.1) is 0 Å². The molecule has 1 heterocycles. The second-order valence-electron chi connectivity index (χ2n) is 5.77. The SMILES string of the molecule is CCn1c(CCc2ccccc2)nnc1SCc1cccc(OC)c1. The summed E-state index contributed by atoms with van der Waals surface area (Å²) in [5.41, 5.74) is 2.56. The Labute approximate surface area is 153 Å². The maximum Gasteiger partial charge on any atom is 0.191 e. The van der Waals surface area contributed by atoms with Crippen LogP contribution in [0.1, 0.15) is 23.9 Å². The van der Waals surface area contributed by atoms with Gasteiger partial charge in [0.1, 0.15) is 11.6 Å². The van der Waals surface area contributed by atoms with Crippen molar-refractivity contribution in [3.8, 4) is 5.75 Å². The van der Waals surface area contributed by atoms with Gasteiger partial charge in [0.05, 0.1) is 7.11 Å². The van der Waals surface area contributed by atoms with E-state index in [2.05, 4.69) is 58.1 Å². The van der Waals surface area contributed by atoms with Gasteiger partial charge in [-0.25, -0.2) is 0 Å². The van der Waals surface area contributed by atoms with E-state index < -0.39 is 0 Å². The Morgan fingerprint density at radius 1 is 0.960 bits per heavy atom. The molecular weight excluding hydrogens is 330 g/mol. The van der Waals surface area contributed by atoms with Crippen LogP contribution in [-0.2, 0) is 25.1 Å². The summed E-state index contributed by atoms with van der Waals surface area (Å²) in [5, 5.41) is 9.80. The van der Waals surface area contributed by atoms with Crippen molar-refractivity contribution in [2.24, 2.45) is 0 Å². The van der Waals surface area contributed by atoms with Crippen LogP contribution < -0.4 is 4.74 Å². The van der Waals surface area contributed by atoms with Crippen LogP contribution in [-0.4, -0.2) is 21.9 Å².